The lowest BCUT2D eigenvalue weighted by molar-refractivity contribution is -0.00647. The molecular weight excluding hydrogens is 408 g/mol. The summed E-state index contributed by atoms with van der Waals surface area (Å²) < 4.78 is 37.4. The van der Waals surface area contributed by atoms with Crippen molar-refractivity contribution in [2.24, 2.45) is 0 Å². The van der Waals surface area contributed by atoms with E-state index in [4.69, 9.17) is 9.47 Å². The molecule has 0 radical (unpaired) electrons. The molecule has 1 aliphatic rings. The first-order valence-electron chi connectivity index (χ1n) is 9.53. The van der Waals surface area contributed by atoms with Crippen molar-refractivity contribution in [3.63, 3.8) is 0 Å². The highest BCUT2D eigenvalue weighted by atomic mass is 19.1. The zero-order valence-electron chi connectivity index (χ0n) is 16.2. The molecule has 2 N–H and O–H groups in total. The van der Waals surface area contributed by atoms with Gasteiger partial charge in [-0.2, -0.15) is 0 Å². The fraction of sp³-hybridized carbons (Fsp3) is 0.174. The Bertz CT molecular complexity index is 1040. The van der Waals surface area contributed by atoms with Crippen LogP contribution in [0.3, 0.4) is 0 Å². The van der Waals surface area contributed by atoms with Crippen LogP contribution in [-0.4, -0.2) is 35.1 Å². The summed E-state index contributed by atoms with van der Waals surface area (Å²) in [4.78, 5) is 14.0. The molecule has 3 atom stereocenters. The number of amides is 1. The molecule has 1 saturated heterocycles. The molecule has 0 spiro atoms. The van der Waals surface area contributed by atoms with Gasteiger partial charge in [0, 0.05) is 5.69 Å². The zero-order valence-corrected chi connectivity index (χ0v) is 16.2. The second-order valence-corrected chi connectivity index (χ2v) is 7.06. The number of aromatic hydroxyl groups is 1. The molecule has 4 rings (SSSR count). The van der Waals surface area contributed by atoms with E-state index >= 15 is 0 Å². The molecule has 31 heavy (non-hydrogen) atoms. The van der Waals surface area contributed by atoms with Gasteiger partial charge >= 0.3 is 6.09 Å². The molecule has 1 unspecified atom stereocenters. The molecule has 160 valence electrons. The number of cyclic esters (lactones) is 1. The van der Waals surface area contributed by atoms with Gasteiger partial charge in [-0.15, -0.1) is 0 Å². The Morgan fingerprint density at radius 1 is 0.935 bits per heavy atom. The summed E-state index contributed by atoms with van der Waals surface area (Å²) in [5.74, 6) is -0.484. The molecule has 0 bridgehead atoms. The van der Waals surface area contributed by atoms with E-state index in [1.807, 2.05) is 0 Å². The maximum absolute atomic E-state index is 13.4. The molecule has 0 saturated carbocycles. The number of phenolic OH excluding ortho intramolecular Hbond substituents is 1. The molecule has 1 heterocycles. The van der Waals surface area contributed by atoms with E-state index < -0.39 is 36.0 Å². The lowest BCUT2D eigenvalue weighted by Gasteiger charge is -2.27. The number of aliphatic hydroxyl groups excluding tert-OH is 1. The maximum Gasteiger partial charge on any atom is 0.415 e. The smallest absolute Gasteiger partial charge is 0.415 e. The summed E-state index contributed by atoms with van der Waals surface area (Å²) in [6.45, 7) is -0.213. The SMILES string of the molecule is O=C1OC([C@@H](O)COc2ccc(F)cc2)[C@@H](c2ccc(O)cc2)N1c1ccc(F)cc1. The number of aliphatic hydroxyl groups is 1. The van der Waals surface area contributed by atoms with E-state index in [1.54, 1.807) is 12.1 Å². The van der Waals surface area contributed by atoms with Crippen LogP contribution in [0, 0.1) is 11.6 Å². The zero-order chi connectivity index (χ0) is 22.0. The molecule has 3 aromatic carbocycles. The molecule has 6 nitrogen and oxygen atoms in total. The third-order valence-corrected chi connectivity index (χ3v) is 4.98. The lowest BCUT2D eigenvalue weighted by atomic mass is 9.96. The van der Waals surface area contributed by atoms with Crippen LogP contribution < -0.4 is 9.64 Å². The van der Waals surface area contributed by atoms with Crippen LogP contribution in [0.2, 0.25) is 0 Å². The van der Waals surface area contributed by atoms with E-state index in [2.05, 4.69) is 0 Å². The van der Waals surface area contributed by atoms with Gasteiger partial charge in [-0.1, -0.05) is 12.1 Å². The van der Waals surface area contributed by atoms with Crippen LogP contribution in [0.15, 0.2) is 72.8 Å². The minimum Gasteiger partial charge on any atom is -0.508 e. The van der Waals surface area contributed by atoms with Gasteiger partial charge < -0.3 is 19.7 Å². The molecule has 0 aromatic heterocycles. The number of nitrogens with zero attached hydrogens (tertiary/aromatic N) is 1. The van der Waals surface area contributed by atoms with E-state index in [0.29, 0.717) is 17.0 Å². The van der Waals surface area contributed by atoms with Gasteiger partial charge in [0.25, 0.3) is 0 Å². The van der Waals surface area contributed by atoms with E-state index in [9.17, 15) is 23.8 Å². The average Bonchev–Trinajstić information content (AvgIpc) is 3.11. The minimum absolute atomic E-state index is 0.0408. The summed E-state index contributed by atoms with van der Waals surface area (Å²) in [6.07, 6.45) is -2.95. The van der Waals surface area contributed by atoms with Crippen molar-refractivity contribution < 1.29 is 33.3 Å². The summed E-state index contributed by atoms with van der Waals surface area (Å²) >= 11 is 0. The monoisotopic (exact) mass is 427 g/mol. The lowest BCUT2D eigenvalue weighted by Crippen LogP contribution is -2.38. The largest absolute Gasteiger partial charge is 0.508 e. The van der Waals surface area contributed by atoms with Crippen LogP contribution in [-0.2, 0) is 4.74 Å². The van der Waals surface area contributed by atoms with Crippen LogP contribution in [0.5, 0.6) is 11.5 Å². The topological polar surface area (TPSA) is 79.2 Å². The molecule has 8 heteroatoms. The number of halogens is 2. The molecular formula is C23H19F2NO5. The van der Waals surface area contributed by atoms with Crippen molar-refractivity contribution in [1.82, 2.24) is 0 Å². The molecule has 1 fully saturated rings. The number of carbonyl (C=O) groups excluding carboxylic acids is 1. The summed E-state index contributed by atoms with van der Waals surface area (Å²) in [5.41, 5.74) is 0.984. The van der Waals surface area contributed by atoms with E-state index in [0.717, 1.165) is 0 Å². The predicted octanol–water partition coefficient (Wildman–Crippen LogP) is 4.18. The highest BCUT2D eigenvalue weighted by Gasteiger charge is 2.47. The Kier molecular flexibility index (Phi) is 5.73. The van der Waals surface area contributed by atoms with Gasteiger partial charge in [0.1, 0.15) is 41.9 Å². The second kappa shape index (κ2) is 8.61. The van der Waals surface area contributed by atoms with Crippen molar-refractivity contribution in [3.8, 4) is 11.5 Å². The van der Waals surface area contributed by atoms with Crippen molar-refractivity contribution in [2.75, 3.05) is 11.5 Å². The van der Waals surface area contributed by atoms with Crippen molar-refractivity contribution >= 4 is 11.8 Å². The number of phenols is 1. The molecule has 1 aliphatic heterocycles. The Hall–Kier alpha value is -3.65. The summed E-state index contributed by atoms with van der Waals surface area (Å²) in [7, 11) is 0. The standard InChI is InChI=1S/C23H19F2NO5/c24-15-3-7-17(8-4-15)26-21(14-1-9-18(27)10-2-14)22(31-23(26)29)20(28)13-30-19-11-5-16(25)6-12-19/h1-12,20-22,27-28H,13H2/t20-,21+,22?/m0/s1. The fourth-order valence-corrected chi connectivity index (χ4v) is 3.47. The predicted molar refractivity (Wildman–Crippen MR) is 108 cm³/mol. The van der Waals surface area contributed by atoms with Gasteiger partial charge in [0.05, 0.1) is 0 Å². The van der Waals surface area contributed by atoms with E-state index in [-0.39, 0.29) is 12.4 Å². The first-order valence-corrected chi connectivity index (χ1v) is 9.53. The van der Waals surface area contributed by atoms with Crippen LogP contribution in [0.4, 0.5) is 19.3 Å². The number of rotatable bonds is 6. The van der Waals surface area contributed by atoms with Gasteiger partial charge in [-0.3, -0.25) is 4.90 Å². The van der Waals surface area contributed by atoms with Crippen LogP contribution in [0.1, 0.15) is 11.6 Å². The number of benzene rings is 3. The van der Waals surface area contributed by atoms with Gasteiger partial charge in [-0.05, 0) is 66.2 Å². The molecule has 3 aromatic rings. The normalized spacial score (nSPS) is 19.2. The highest BCUT2D eigenvalue weighted by molar-refractivity contribution is 5.91. The van der Waals surface area contributed by atoms with Crippen LogP contribution in [0.25, 0.3) is 0 Å². The van der Waals surface area contributed by atoms with Crippen molar-refractivity contribution in [3.05, 3.63) is 90.0 Å². The number of ether oxygens (including phenoxy) is 2. The first-order chi connectivity index (χ1) is 14.9. The fourth-order valence-electron chi connectivity index (χ4n) is 3.47. The third-order valence-electron chi connectivity index (χ3n) is 4.98. The Morgan fingerprint density at radius 2 is 1.52 bits per heavy atom. The van der Waals surface area contributed by atoms with Crippen molar-refractivity contribution in [1.29, 1.82) is 0 Å². The second-order valence-electron chi connectivity index (χ2n) is 7.06. The maximum atomic E-state index is 13.4. The molecule has 0 aliphatic carbocycles. The number of hydrogen-bond donors (Lipinski definition) is 2. The number of carbonyl (C=O) groups is 1. The Labute approximate surface area is 176 Å². The third kappa shape index (κ3) is 4.44. The van der Waals surface area contributed by atoms with Gasteiger partial charge in [-0.25, -0.2) is 13.6 Å². The summed E-state index contributed by atoms with van der Waals surface area (Å²) in [5, 5.41) is 20.4. The number of hydrogen-bond acceptors (Lipinski definition) is 5. The van der Waals surface area contributed by atoms with Gasteiger partial charge in [0.2, 0.25) is 0 Å². The Balaban J connectivity index is 1.61. The van der Waals surface area contributed by atoms with Gasteiger partial charge in [0.15, 0.2) is 6.10 Å². The first kappa shape index (κ1) is 20.6. The van der Waals surface area contributed by atoms with Crippen molar-refractivity contribution in [2.45, 2.75) is 18.2 Å². The molecule has 1 amide bonds. The minimum atomic E-state index is -1.22. The Morgan fingerprint density at radius 3 is 2.13 bits per heavy atom. The quantitative estimate of drug-likeness (QED) is 0.617. The van der Waals surface area contributed by atoms with Crippen LogP contribution >= 0.6 is 0 Å². The average molecular weight is 427 g/mol. The van der Waals surface area contributed by atoms with E-state index in [1.165, 1.54) is 65.6 Å². The summed E-state index contributed by atoms with van der Waals surface area (Å²) in [6, 6.07) is 16.0. The highest BCUT2D eigenvalue weighted by Crippen LogP contribution is 2.39. The number of anilines is 1.